The van der Waals surface area contributed by atoms with Gasteiger partial charge in [0.05, 0.1) is 4.92 Å². The van der Waals surface area contributed by atoms with E-state index in [0.717, 1.165) is 18.4 Å². The van der Waals surface area contributed by atoms with Gasteiger partial charge in [0.1, 0.15) is 5.56 Å². The van der Waals surface area contributed by atoms with E-state index in [9.17, 15) is 19.7 Å². The number of nitrogens with zero attached hydrogens (tertiary/aromatic N) is 2. The van der Waals surface area contributed by atoms with Crippen LogP contribution in [-0.2, 0) is 6.54 Å². The van der Waals surface area contributed by atoms with Crippen LogP contribution in [0.3, 0.4) is 0 Å². The average Bonchev–Trinajstić information content (AvgIpc) is 3.50. The van der Waals surface area contributed by atoms with E-state index in [4.69, 9.17) is 0 Å². The van der Waals surface area contributed by atoms with E-state index < -0.39 is 4.92 Å². The zero-order chi connectivity index (χ0) is 19.6. The van der Waals surface area contributed by atoms with Crippen LogP contribution >= 0.6 is 0 Å². The molecule has 0 unspecified atom stereocenters. The summed E-state index contributed by atoms with van der Waals surface area (Å²) in [5.41, 5.74) is 1.87. The molecule has 1 N–H and O–H groups in total. The Hall–Kier alpha value is -3.22. The summed E-state index contributed by atoms with van der Waals surface area (Å²) in [5.74, 6) is -0.504. The van der Waals surface area contributed by atoms with Crippen molar-refractivity contribution in [3.63, 3.8) is 0 Å². The second-order valence-corrected chi connectivity index (χ2v) is 6.67. The van der Waals surface area contributed by atoms with Gasteiger partial charge in [0.2, 0.25) is 0 Å². The van der Waals surface area contributed by atoms with Crippen LogP contribution in [0.5, 0.6) is 0 Å². The van der Waals surface area contributed by atoms with Crippen LogP contribution in [0, 0.1) is 17.0 Å². The lowest BCUT2D eigenvalue weighted by Gasteiger charge is -2.23. The molecular weight excluding hydrogens is 346 g/mol. The van der Waals surface area contributed by atoms with Gasteiger partial charge in [-0.25, -0.2) is 0 Å². The highest BCUT2D eigenvalue weighted by molar-refractivity contribution is 5.99. The number of rotatable bonds is 6. The van der Waals surface area contributed by atoms with Crippen LogP contribution in [0.25, 0.3) is 0 Å². The monoisotopic (exact) mass is 367 g/mol. The summed E-state index contributed by atoms with van der Waals surface area (Å²) in [4.78, 5) is 37.4. The van der Waals surface area contributed by atoms with Crippen LogP contribution < -0.4 is 5.32 Å². The van der Waals surface area contributed by atoms with Gasteiger partial charge in [-0.2, -0.15) is 0 Å². The standard InChI is InChI=1S/C20H21N3O4/c1-13-4-3-5-17(18(13)23(26)27)20(25)22(16-10-11-16)12-14-6-8-15(9-7-14)19(24)21-2/h3-9,16H,10-12H2,1-2H3,(H,21,24). The molecule has 0 bridgehead atoms. The number of nitro groups is 1. The number of carbonyl (C=O) groups excluding carboxylic acids is 2. The minimum Gasteiger partial charge on any atom is -0.355 e. The Morgan fingerprint density at radius 3 is 2.41 bits per heavy atom. The van der Waals surface area contributed by atoms with E-state index in [-0.39, 0.29) is 29.1 Å². The molecule has 1 saturated carbocycles. The lowest BCUT2D eigenvalue weighted by Crippen LogP contribution is -2.33. The van der Waals surface area contributed by atoms with Crippen LogP contribution in [0.2, 0.25) is 0 Å². The van der Waals surface area contributed by atoms with Gasteiger partial charge >= 0.3 is 0 Å². The Balaban J connectivity index is 1.87. The summed E-state index contributed by atoms with van der Waals surface area (Å²) in [6, 6.07) is 11.9. The molecule has 0 aromatic heterocycles. The van der Waals surface area contributed by atoms with Crippen molar-refractivity contribution in [3.05, 3.63) is 74.8 Å². The quantitative estimate of drug-likeness (QED) is 0.627. The van der Waals surface area contributed by atoms with E-state index >= 15 is 0 Å². The van der Waals surface area contributed by atoms with Crippen molar-refractivity contribution >= 4 is 17.5 Å². The molecule has 7 heteroatoms. The molecule has 140 valence electrons. The molecule has 1 fully saturated rings. The molecule has 0 spiro atoms. The number of amides is 2. The smallest absolute Gasteiger partial charge is 0.285 e. The van der Waals surface area contributed by atoms with Gasteiger partial charge < -0.3 is 10.2 Å². The first kappa shape index (κ1) is 18.6. The number of para-hydroxylation sites is 1. The predicted molar refractivity (Wildman–Crippen MR) is 101 cm³/mol. The van der Waals surface area contributed by atoms with Gasteiger partial charge in [-0.15, -0.1) is 0 Å². The highest BCUT2D eigenvalue weighted by Crippen LogP contribution is 2.32. The van der Waals surface area contributed by atoms with Crippen LogP contribution in [0.4, 0.5) is 5.69 Å². The maximum atomic E-state index is 13.1. The SMILES string of the molecule is CNC(=O)c1ccc(CN(C(=O)c2cccc(C)c2[N+](=O)[O-])C2CC2)cc1. The third-order valence-electron chi connectivity index (χ3n) is 4.70. The van der Waals surface area contributed by atoms with E-state index in [1.807, 2.05) is 0 Å². The summed E-state index contributed by atoms with van der Waals surface area (Å²) in [6.07, 6.45) is 1.78. The topological polar surface area (TPSA) is 92.6 Å². The first-order valence-electron chi connectivity index (χ1n) is 8.78. The van der Waals surface area contributed by atoms with Gasteiger partial charge in [0, 0.05) is 30.8 Å². The first-order chi connectivity index (χ1) is 12.9. The summed E-state index contributed by atoms with van der Waals surface area (Å²) in [5, 5.41) is 14.0. The van der Waals surface area contributed by atoms with Crippen molar-refractivity contribution in [1.82, 2.24) is 10.2 Å². The number of benzene rings is 2. The molecule has 2 aromatic carbocycles. The van der Waals surface area contributed by atoms with Crippen molar-refractivity contribution in [2.75, 3.05) is 7.05 Å². The minimum atomic E-state index is -0.494. The number of hydrogen-bond donors (Lipinski definition) is 1. The summed E-state index contributed by atoms with van der Waals surface area (Å²) < 4.78 is 0. The molecule has 0 radical (unpaired) electrons. The van der Waals surface area contributed by atoms with Gasteiger partial charge in [-0.05, 0) is 43.5 Å². The van der Waals surface area contributed by atoms with E-state index in [1.54, 1.807) is 55.3 Å². The minimum absolute atomic E-state index is 0.0937. The molecule has 0 heterocycles. The van der Waals surface area contributed by atoms with Gasteiger partial charge in [-0.3, -0.25) is 19.7 Å². The van der Waals surface area contributed by atoms with E-state index in [2.05, 4.69) is 5.32 Å². The Labute approximate surface area is 157 Å². The number of nitrogens with one attached hydrogen (secondary N) is 1. The third kappa shape index (κ3) is 3.97. The van der Waals surface area contributed by atoms with Crippen molar-refractivity contribution in [2.45, 2.75) is 32.4 Å². The van der Waals surface area contributed by atoms with E-state index in [0.29, 0.717) is 17.7 Å². The zero-order valence-corrected chi connectivity index (χ0v) is 15.3. The second kappa shape index (κ2) is 7.57. The van der Waals surface area contributed by atoms with E-state index in [1.165, 1.54) is 6.07 Å². The molecule has 1 aliphatic rings. The van der Waals surface area contributed by atoms with Crippen molar-refractivity contribution in [2.24, 2.45) is 0 Å². The lowest BCUT2D eigenvalue weighted by atomic mass is 10.1. The van der Waals surface area contributed by atoms with Gasteiger partial charge in [-0.1, -0.05) is 24.3 Å². The summed E-state index contributed by atoms with van der Waals surface area (Å²) in [7, 11) is 1.57. The fourth-order valence-corrected chi connectivity index (χ4v) is 3.08. The van der Waals surface area contributed by atoms with Crippen molar-refractivity contribution in [3.8, 4) is 0 Å². The maximum absolute atomic E-state index is 13.1. The average molecular weight is 367 g/mol. The molecule has 2 amide bonds. The maximum Gasteiger partial charge on any atom is 0.285 e. The van der Waals surface area contributed by atoms with Gasteiger partial charge in [0.25, 0.3) is 17.5 Å². The fourth-order valence-electron chi connectivity index (χ4n) is 3.08. The number of aryl methyl sites for hydroxylation is 1. The molecular formula is C20H21N3O4. The fraction of sp³-hybridized carbons (Fsp3) is 0.300. The highest BCUT2D eigenvalue weighted by atomic mass is 16.6. The first-order valence-corrected chi connectivity index (χ1v) is 8.78. The summed E-state index contributed by atoms with van der Waals surface area (Å²) in [6.45, 7) is 1.98. The summed E-state index contributed by atoms with van der Waals surface area (Å²) >= 11 is 0. The Morgan fingerprint density at radius 1 is 1.19 bits per heavy atom. The lowest BCUT2D eigenvalue weighted by molar-refractivity contribution is -0.385. The molecule has 3 rings (SSSR count). The molecule has 0 atom stereocenters. The Bertz CT molecular complexity index is 889. The normalized spacial score (nSPS) is 13.1. The van der Waals surface area contributed by atoms with Crippen molar-refractivity contribution < 1.29 is 14.5 Å². The predicted octanol–water partition coefficient (Wildman–Crippen LogP) is 3.07. The van der Waals surface area contributed by atoms with Crippen LogP contribution in [0.15, 0.2) is 42.5 Å². The largest absolute Gasteiger partial charge is 0.355 e. The number of carbonyl (C=O) groups is 2. The molecule has 7 nitrogen and oxygen atoms in total. The zero-order valence-electron chi connectivity index (χ0n) is 15.3. The molecule has 0 aliphatic heterocycles. The third-order valence-corrected chi connectivity index (χ3v) is 4.70. The second-order valence-electron chi connectivity index (χ2n) is 6.67. The molecule has 0 saturated heterocycles. The number of nitro benzene ring substituents is 1. The van der Waals surface area contributed by atoms with Crippen LogP contribution in [-0.4, -0.2) is 34.7 Å². The van der Waals surface area contributed by atoms with Crippen molar-refractivity contribution in [1.29, 1.82) is 0 Å². The Morgan fingerprint density at radius 2 is 1.85 bits per heavy atom. The van der Waals surface area contributed by atoms with Crippen LogP contribution in [0.1, 0.15) is 44.7 Å². The molecule has 2 aromatic rings. The molecule has 27 heavy (non-hydrogen) atoms. The Kier molecular flexibility index (Phi) is 5.21. The van der Waals surface area contributed by atoms with Gasteiger partial charge in [0.15, 0.2) is 0 Å². The molecule has 1 aliphatic carbocycles. The highest BCUT2D eigenvalue weighted by Gasteiger charge is 2.36. The number of hydrogen-bond acceptors (Lipinski definition) is 4.